The number of rotatable bonds is 4. The van der Waals surface area contributed by atoms with Crippen molar-refractivity contribution in [2.75, 3.05) is 18.0 Å². The molecule has 1 aliphatic rings. The number of carbonyl (C=O) groups is 1. The Kier molecular flexibility index (Phi) is 5.50. The van der Waals surface area contributed by atoms with Gasteiger partial charge in [0, 0.05) is 60.6 Å². The summed E-state index contributed by atoms with van der Waals surface area (Å²) in [4.78, 5) is 28.6. The number of hydrogen-bond acceptors (Lipinski definition) is 5. The maximum absolute atomic E-state index is 13.1. The van der Waals surface area contributed by atoms with Gasteiger partial charge >= 0.3 is 0 Å². The van der Waals surface area contributed by atoms with Crippen molar-refractivity contribution >= 4 is 17.4 Å². The van der Waals surface area contributed by atoms with Crippen LogP contribution in [0.5, 0.6) is 0 Å². The fraction of sp³-hybridized carbons (Fsp3) is 0.280. The van der Waals surface area contributed by atoms with Crippen molar-refractivity contribution in [1.82, 2.24) is 24.7 Å². The molecule has 1 amide bonds. The Balaban J connectivity index is 1.29. The average Bonchev–Trinajstić information content (AvgIpc) is 3.26. The lowest BCUT2D eigenvalue weighted by Gasteiger charge is -2.33. The quantitative estimate of drug-likeness (QED) is 0.516. The maximum Gasteiger partial charge on any atom is 0.251 e. The van der Waals surface area contributed by atoms with Gasteiger partial charge in [0.2, 0.25) is 0 Å². The van der Waals surface area contributed by atoms with Gasteiger partial charge in [0.1, 0.15) is 17.3 Å². The first-order valence-corrected chi connectivity index (χ1v) is 11.1. The molecule has 5 rings (SSSR count). The van der Waals surface area contributed by atoms with Gasteiger partial charge in [-0.25, -0.2) is 19.3 Å². The van der Waals surface area contributed by atoms with E-state index in [-0.39, 0.29) is 17.8 Å². The molecule has 1 saturated heterocycles. The van der Waals surface area contributed by atoms with Crippen molar-refractivity contribution in [3.05, 3.63) is 77.6 Å². The van der Waals surface area contributed by atoms with E-state index < -0.39 is 0 Å². The van der Waals surface area contributed by atoms with Crippen LogP contribution in [-0.4, -0.2) is 44.4 Å². The number of carbonyl (C=O) groups excluding carboxylic acids is 1. The fourth-order valence-electron chi connectivity index (χ4n) is 4.25. The second-order valence-corrected chi connectivity index (χ2v) is 8.50. The molecule has 0 saturated carbocycles. The lowest BCUT2D eigenvalue weighted by Crippen LogP contribution is -2.45. The SMILES string of the molecule is Cc1cc(N2CCC(NC(=O)c3ccc(F)cc3)CC2)nc(-c2cn3ccnc3cc2C)n1. The third-order valence-electron chi connectivity index (χ3n) is 6.08. The summed E-state index contributed by atoms with van der Waals surface area (Å²) >= 11 is 0. The van der Waals surface area contributed by atoms with Gasteiger partial charge in [0.25, 0.3) is 5.91 Å². The molecule has 0 unspecified atom stereocenters. The number of anilines is 1. The molecule has 0 bridgehead atoms. The molecule has 3 aromatic heterocycles. The minimum atomic E-state index is -0.348. The molecule has 1 fully saturated rings. The van der Waals surface area contributed by atoms with Crippen molar-refractivity contribution in [3.63, 3.8) is 0 Å². The van der Waals surface area contributed by atoms with E-state index in [4.69, 9.17) is 4.98 Å². The third-order valence-corrected chi connectivity index (χ3v) is 6.08. The molecule has 1 N–H and O–H groups in total. The van der Waals surface area contributed by atoms with Gasteiger partial charge in [0.05, 0.1) is 0 Å². The number of pyridine rings is 1. The lowest BCUT2D eigenvalue weighted by molar-refractivity contribution is 0.0931. The first-order chi connectivity index (χ1) is 16.0. The van der Waals surface area contributed by atoms with Crippen LogP contribution in [0, 0.1) is 19.7 Å². The summed E-state index contributed by atoms with van der Waals surface area (Å²) in [6.45, 7) is 5.59. The number of aryl methyl sites for hydroxylation is 2. The van der Waals surface area contributed by atoms with E-state index in [1.54, 1.807) is 6.20 Å². The zero-order valence-corrected chi connectivity index (χ0v) is 18.6. The molecule has 0 aliphatic carbocycles. The van der Waals surface area contributed by atoms with Crippen LogP contribution < -0.4 is 10.2 Å². The zero-order chi connectivity index (χ0) is 22.9. The molecule has 1 aromatic carbocycles. The van der Waals surface area contributed by atoms with Crippen molar-refractivity contribution in [1.29, 1.82) is 0 Å². The van der Waals surface area contributed by atoms with Crippen LogP contribution in [0.3, 0.4) is 0 Å². The highest BCUT2D eigenvalue weighted by Crippen LogP contribution is 2.26. The van der Waals surface area contributed by atoms with E-state index in [0.29, 0.717) is 11.4 Å². The van der Waals surface area contributed by atoms with Crippen LogP contribution in [0.4, 0.5) is 10.2 Å². The van der Waals surface area contributed by atoms with Crippen molar-refractivity contribution < 1.29 is 9.18 Å². The number of halogens is 1. The molecule has 0 atom stereocenters. The van der Waals surface area contributed by atoms with Crippen LogP contribution in [0.25, 0.3) is 17.0 Å². The van der Waals surface area contributed by atoms with Crippen molar-refractivity contribution in [2.45, 2.75) is 32.7 Å². The van der Waals surface area contributed by atoms with E-state index in [1.807, 2.05) is 42.8 Å². The van der Waals surface area contributed by atoms with Gasteiger partial charge in [-0.05, 0) is 62.6 Å². The molecule has 4 heterocycles. The number of nitrogens with one attached hydrogen (secondary N) is 1. The van der Waals surface area contributed by atoms with Crippen LogP contribution in [0.2, 0.25) is 0 Å². The number of amides is 1. The summed E-state index contributed by atoms with van der Waals surface area (Å²) < 4.78 is 15.1. The molecule has 0 radical (unpaired) electrons. The molecular formula is C25H25FN6O. The van der Waals surface area contributed by atoms with E-state index in [1.165, 1.54) is 24.3 Å². The minimum Gasteiger partial charge on any atom is -0.356 e. The van der Waals surface area contributed by atoms with Crippen molar-refractivity contribution in [2.24, 2.45) is 0 Å². The molecular weight excluding hydrogens is 419 g/mol. The van der Waals surface area contributed by atoms with Gasteiger partial charge < -0.3 is 14.6 Å². The largest absolute Gasteiger partial charge is 0.356 e. The molecule has 0 spiro atoms. The summed E-state index contributed by atoms with van der Waals surface area (Å²) in [5, 5.41) is 3.07. The summed E-state index contributed by atoms with van der Waals surface area (Å²) in [6.07, 6.45) is 7.34. The third kappa shape index (κ3) is 4.41. The second kappa shape index (κ2) is 8.61. The summed E-state index contributed by atoms with van der Waals surface area (Å²) in [6, 6.07) is 9.74. The molecule has 4 aromatic rings. The van der Waals surface area contributed by atoms with E-state index in [2.05, 4.69) is 20.2 Å². The fourth-order valence-corrected chi connectivity index (χ4v) is 4.25. The number of fused-ring (bicyclic) bond motifs is 1. The average molecular weight is 445 g/mol. The summed E-state index contributed by atoms with van der Waals surface area (Å²) in [5.74, 6) is 1.08. The van der Waals surface area contributed by atoms with Gasteiger partial charge in [-0.2, -0.15) is 0 Å². The summed E-state index contributed by atoms with van der Waals surface area (Å²) in [7, 11) is 0. The number of aromatic nitrogens is 4. The Hall–Kier alpha value is -3.81. The van der Waals surface area contributed by atoms with E-state index in [0.717, 1.165) is 54.2 Å². The van der Waals surface area contributed by atoms with Crippen LogP contribution in [-0.2, 0) is 0 Å². The Morgan fingerprint density at radius 3 is 2.61 bits per heavy atom. The van der Waals surface area contributed by atoms with Gasteiger partial charge in [-0.15, -0.1) is 0 Å². The number of nitrogens with zero attached hydrogens (tertiary/aromatic N) is 5. The van der Waals surface area contributed by atoms with Gasteiger partial charge in [-0.3, -0.25) is 4.79 Å². The standard InChI is InChI=1S/C25H25FN6O/c1-16-13-22-27-9-12-32(22)15-21(16)24-28-17(2)14-23(30-24)31-10-7-20(8-11-31)29-25(33)18-3-5-19(26)6-4-18/h3-6,9,12-15,20H,7-8,10-11H2,1-2H3,(H,29,33). The van der Waals surface area contributed by atoms with E-state index >= 15 is 0 Å². The predicted molar refractivity (Wildman–Crippen MR) is 125 cm³/mol. The minimum absolute atomic E-state index is 0.0760. The molecule has 33 heavy (non-hydrogen) atoms. The van der Waals surface area contributed by atoms with Crippen LogP contribution in [0.15, 0.2) is 55.0 Å². The first-order valence-electron chi connectivity index (χ1n) is 11.1. The zero-order valence-electron chi connectivity index (χ0n) is 18.6. The Morgan fingerprint density at radius 2 is 1.85 bits per heavy atom. The predicted octanol–water partition coefficient (Wildman–Crippen LogP) is 3.95. The number of hydrogen-bond donors (Lipinski definition) is 1. The molecule has 7 nitrogen and oxygen atoms in total. The second-order valence-electron chi connectivity index (χ2n) is 8.50. The molecule has 168 valence electrons. The smallest absolute Gasteiger partial charge is 0.251 e. The number of piperidine rings is 1. The highest BCUT2D eigenvalue weighted by molar-refractivity contribution is 5.94. The van der Waals surface area contributed by atoms with Gasteiger partial charge in [0.15, 0.2) is 5.82 Å². The highest BCUT2D eigenvalue weighted by atomic mass is 19.1. The van der Waals surface area contributed by atoms with Crippen LogP contribution in [0.1, 0.15) is 34.5 Å². The first kappa shape index (κ1) is 21.1. The Morgan fingerprint density at radius 1 is 1.09 bits per heavy atom. The molecule has 8 heteroatoms. The lowest BCUT2D eigenvalue weighted by atomic mass is 10.0. The maximum atomic E-state index is 13.1. The van der Waals surface area contributed by atoms with E-state index in [9.17, 15) is 9.18 Å². The topological polar surface area (TPSA) is 75.4 Å². The summed E-state index contributed by atoms with van der Waals surface area (Å²) in [5.41, 5.74) is 4.33. The number of imidazole rings is 1. The van der Waals surface area contributed by atoms with Crippen LogP contribution >= 0.6 is 0 Å². The Labute approximate surface area is 191 Å². The normalized spacial score (nSPS) is 14.6. The highest BCUT2D eigenvalue weighted by Gasteiger charge is 2.23. The monoisotopic (exact) mass is 444 g/mol. The van der Waals surface area contributed by atoms with Gasteiger partial charge in [-0.1, -0.05) is 0 Å². The number of benzene rings is 1. The molecule has 1 aliphatic heterocycles. The Bertz CT molecular complexity index is 1310. The van der Waals surface area contributed by atoms with Crippen molar-refractivity contribution in [3.8, 4) is 11.4 Å².